The fourth-order valence-electron chi connectivity index (χ4n) is 1.94. The maximum atomic E-state index is 11.5. The van der Waals surface area contributed by atoms with Gasteiger partial charge < -0.3 is 9.64 Å². The summed E-state index contributed by atoms with van der Waals surface area (Å²) in [7, 11) is 1.71. The third kappa shape index (κ3) is 1.66. The van der Waals surface area contributed by atoms with Gasteiger partial charge in [-0.2, -0.15) is 0 Å². The Labute approximate surface area is 93.8 Å². The molecule has 0 unspecified atom stereocenters. The molecule has 2 atom stereocenters. The van der Waals surface area contributed by atoms with Crippen molar-refractivity contribution in [3.05, 3.63) is 35.9 Å². The average molecular weight is 219 g/mol. The molecule has 1 aliphatic rings. The van der Waals surface area contributed by atoms with Crippen LogP contribution in [-0.4, -0.2) is 29.9 Å². The van der Waals surface area contributed by atoms with Crippen LogP contribution in [0.3, 0.4) is 0 Å². The van der Waals surface area contributed by atoms with Crippen molar-refractivity contribution in [2.75, 3.05) is 7.05 Å². The molecule has 0 bridgehead atoms. The van der Waals surface area contributed by atoms with E-state index in [4.69, 9.17) is 4.74 Å². The first-order chi connectivity index (χ1) is 7.61. The van der Waals surface area contributed by atoms with Gasteiger partial charge in [0.25, 0.3) is 5.91 Å². The van der Waals surface area contributed by atoms with Crippen LogP contribution in [0.25, 0.3) is 0 Å². The molecule has 84 valence electrons. The van der Waals surface area contributed by atoms with Crippen molar-refractivity contribution in [1.29, 1.82) is 0 Å². The van der Waals surface area contributed by atoms with Crippen molar-refractivity contribution in [1.82, 2.24) is 4.90 Å². The van der Waals surface area contributed by atoms with Gasteiger partial charge in [0.2, 0.25) is 6.10 Å². The smallest absolute Gasteiger partial charge is 0.303 e. The van der Waals surface area contributed by atoms with Gasteiger partial charge in [0, 0.05) is 14.0 Å². The minimum absolute atomic E-state index is 0.149. The summed E-state index contributed by atoms with van der Waals surface area (Å²) in [5.74, 6) is -0.573. The molecule has 1 saturated heterocycles. The fraction of sp³-hybridized carbons (Fsp3) is 0.333. The Kier molecular flexibility index (Phi) is 2.64. The highest BCUT2D eigenvalue weighted by Gasteiger charge is 2.48. The number of hydrogen-bond acceptors (Lipinski definition) is 3. The molecule has 16 heavy (non-hydrogen) atoms. The van der Waals surface area contributed by atoms with E-state index in [1.54, 1.807) is 11.9 Å². The highest BCUT2D eigenvalue weighted by molar-refractivity contribution is 5.90. The van der Waals surface area contributed by atoms with Crippen LogP contribution in [0.2, 0.25) is 0 Å². The van der Waals surface area contributed by atoms with Gasteiger partial charge in [-0.05, 0) is 5.56 Å². The van der Waals surface area contributed by atoms with Crippen LogP contribution < -0.4 is 0 Å². The number of benzene rings is 1. The number of likely N-dealkylation sites (tertiary alicyclic amines) is 1. The Morgan fingerprint density at radius 1 is 1.31 bits per heavy atom. The van der Waals surface area contributed by atoms with Crippen LogP contribution in [0.4, 0.5) is 0 Å². The second-order valence-corrected chi connectivity index (χ2v) is 3.83. The predicted octanol–water partition coefficient (Wildman–Crippen LogP) is 1.13. The molecule has 1 heterocycles. The van der Waals surface area contributed by atoms with Gasteiger partial charge in [0.15, 0.2) is 0 Å². The van der Waals surface area contributed by atoms with Gasteiger partial charge in [-0.1, -0.05) is 30.3 Å². The quantitative estimate of drug-likeness (QED) is 0.553. The first kappa shape index (κ1) is 10.7. The van der Waals surface area contributed by atoms with Crippen LogP contribution in [0.15, 0.2) is 30.3 Å². The summed E-state index contributed by atoms with van der Waals surface area (Å²) < 4.78 is 5.01. The van der Waals surface area contributed by atoms with Crippen molar-refractivity contribution >= 4 is 11.9 Å². The van der Waals surface area contributed by atoms with Gasteiger partial charge in [-0.25, -0.2) is 0 Å². The number of hydrogen-bond donors (Lipinski definition) is 0. The molecule has 0 saturated carbocycles. The lowest BCUT2D eigenvalue weighted by Crippen LogP contribution is -2.58. The number of β-lactam (4-membered cyclic amide) rings is 1. The zero-order chi connectivity index (χ0) is 11.7. The van der Waals surface area contributed by atoms with Gasteiger partial charge >= 0.3 is 5.97 Å². The first-order valence-electron chi connectivity index (χ1n) is 5.10. The zero-order valence-electron chi connectivity index (χ0n) is 9.21. The fourth-order valence-corrected chi connectivity index (χ4v) is 1.94. The van der Waals surface area contributed by atoms with E-state index in [-0.39, 0.29) is 11.9 Å². The van der Waals surface area contributed by atoms with Crippen molar-refractivity contribution in [2.24, 2.45) is 0 Å². The SMILES string of the molecule is CC(=O)O[C@@H]1C(=O)N(C)[C@H]1c1ccccc1. The molecule has 1 aliphatic heterocycles. The largest absolute Gasteiger partial charge is 0.450 e. The third-order valence-corrected chi connectivity index (χ3v) is 2.73. The first-order valence-corrected chi connectivity index (χ1v) is 5.10. The molecule has 2 rings (SSSR count). The number of likely N-dealkylation sites (N-methyl/N-ethyl adjacent to an activating group) is 1. The highest BCUT2D eigenvalue weighted by Crippen LogP contribution is 2.35. The second-order valence-electron chi connectivity index (χ2n) is 3.83. The summed E-state index contributed by atoms with van der Waals surface area (Å²) in [5, 5.41) is 0. The lowest BCUT2D eigenvalue weighted by molar-refractivity contribution is -0.180. The van der Waals surface area contributed by atoms with E-state index in [0.717, 1.165) is 5.56 Å². The Morgan fingerprint density at radius 3 is 2.50 bits per heavy atom. The number of ether oxygens (including phenoxy) is 1. The molecule has 0 aromatic heterocycles. The summed E-state index contributed by atoms with van der Waals surface area (Å²) >= 11 is 0. The Hall–Kier alpha value is -1.84. The molecule has 0 aliphatic carbocycles. The molecule has 1 amide bonds. The van der Waals surface area contributed by atoms with Crippen LogP contribution in [0.1, 0.15) is 18.5 Å². The molecule has 4 heteroatoms. The molecular weight excluding hydrogens is 206 g/mol. The van der Waals surface area contributed by atoms with E-state index >= 15 is 0 Å². The average Bonchev–Trinajstić information content (AvgIpc) is 2.29. The number of esters is 1. The Balaban J connectivity index is 2.20. The Bertz CT molecular complexity index is 416. The number of rotatable bonds is 2. The molecule has 1 fully saturated rings. The second kappa shape index (κ2) is 3.96. The van der Waals surface area contributed by atoms with E-state index in [2.05, 4.69) is 0 Å². The van der Waals surface area contributed by atoms with E-state index in [0.29, 0.717) is 0 Å². The standard InChI is InChI=1S/C12H13NO3/c1-8(14)16-11-10(13(2)12(11)15)9-6-4-3-5-7-9/h3-7,10-11H,1-2H3/t10-,11-/m0/s1. The van der Waals surface area contributed by atoms with E-state index in [1.807, 2.05) is 30.3 Å². The lowest BCUT2D eigenvalue weighted by Gasteiger charge is -2.43. The number of carbonyl (C=O) groups is 2. The van der Waals surface area contributed by atoms with E-state index in [1.165, 1.54) is 6.92 Å². The van der Waals surface area contributed by atoms with Gasteiger partial charge in [0.1, 0.15) is 6.04 Å². The van der Waals surface area contributed by atoms with Crippen LogP contribution >= 0.6 is 0 Å². The van der Waals surface area contributed by atoms with Gasteiger partial charge in [0.05, 0.1) is 0 Å². The van der Waals surface area contributed by atoms with Crippen LogP contribution in [0, 0.1) is 0 Å². The molecule has 0 radical (unpaired) electrons. The van der Waals surface area contributed by atoms with E-state index in [9.17, 15) is 9.59 Å². The van der Waals surface area contributed by atoms with Gasteiger partial charge in [-0.15, -0.1) is 0 Å². The monoisotopic (exact) mass is 219 g/mol. The number of amides is 1. The van der Waals surface area contributed by atoms with Gasteiger partial charge in [-0.3, -0.25) is 9.59 Å². The zero-order valence-corrected chi connectivity index (χ0v) is 9.21. The van der Waals surface area contributed by atoms with Crippen molar-refractivity contribution in [2.45, 2.75) is 19.1 Å². The van der Waals surface area contributed by atoms with Crippen LogP contribution in [0.5, 0.6) is 0 Å². The van der Waals surface area contributed by atoms with Crippen molar-refractivity contribution in [3.63, 3.8) is 0 Å². The summed E-state index contributed by atoms with van der Waals surface area (Å²) in [6, 6.07) is 9.39. The Morgan fingerprint density at radius 2 is 1.94 bits per heavy atom. The molecule has 0 N–H and O–H groups in total. The molecule has 4 nitrogen and oxygen atoms in total. The molecule has 1 aromatic rings. The molecule has 1 aromatic carbocycles. The minimum Gasteiger partial charge on any atom is -0.450 e. The van der Waals surface area contributed by atoms with Crippen molar-refractivity contribution in [3.8, 4) is 0 Å². The van der Waals surface area contributed by atoms with Crippen molar-refractivity contribution < 1.29 is 14.3 Å². The summed E-state index contributed by atoms with van der Waals surface area (Å²) in [5.41, 5.74) is 0.982. The maximum absolute atomic E-state index is 11.5. The number of carbonyl (C=O) groups excluding carboxylic acids is 2. The third-order valence-electron chi connectivity index (χ3n) is 2.73. The topological polar surface area (TPSA) is 46.6 Å². The molecular formula is C12H13NO3. The molecule has 0 spiro atoms. The summed E-state index contributed by atoms with van der Waals surface area (Å²) in [4.78, 5) is 24.0. The number of nitrogens with zero attached hydrogens (tertiary/aromatic N) is 1. The summed E-state index contributed by atoms with van der Waals surface area (Å²) in [6.07, 6.45) is -0.662. The normalized spacial score (nSPS) is 23.9. The lowest BCUT2D eigenvalue weighted by atomic mass is 9.91. The summed E-state index contributed by atoms with van der Waals surface area (Å²) in [6.45, 7) is 1.31. The predicted molar refractivity (Wildman–Crippen MR) is 57.5 cm³/mol. The van der Waals surface area contributed by atoms with E-state index < -0.39 is 12.1 Å². The minimum atomic E-state index is -0.662. The maximum Gasteiger partial charge on any atom is 0.303 e. The highest BCUT2D eigenvalue weighted by atomic mass is 16.6. The van der Waals surface area contributed by atoms with Crippen LogP contribution in [-0.2, 0) is 14.3 Å².